The summed E-state index contributed by atoms with van der Waals surface area (Å²) in [7, 11) is 1.66. The Morgan fingerprint density at radius 1 is 1.06 bits per heavy atom. The van der Waals surface area contributed by atoms with Crippen molar-refractivity contribution in [3.8, 4) is 17.3 Å². The molecule has 1 unspecified atom stereocenters. The van der Waals surface area contributed by atoms with Gasteiger partial charge in [-0.15, -0.1) is 5.10 Å². The molecular weight excluding hydrogens is 418 g/mol. The van der Waals surface area contributed by atoms with E-state index in [1.165, 1.54) is 0 Å². The third kappa shape index (κ3) is 6.35. The molecule has 1 atom stereocenters. The van der Waals surface area contributed by atoms with Gasteiger partial charge in [-0.1, -0.05) is 58.0 Å². The molecule has 0 fully saturated rings. The number of para-hydroxylation sites is 1. The Labute approximate surface area is 195 Å². The van der Waals surface area contributed by atoms with Crippen LogP contribution in [-0.4, -0.2) is 36.2 Å². The number of nitrogens with one attached hydrogen (secondary N) is 1. The van der Waals surface area contributed by atoms with Gasteiger partial charge >= 0.3 is 6.09 Å². The lowest BCUT2D eigenvalue weighted by Crippen LogP contribution is -2.20. The zero-order valence-electron chi connectivity index (χ0n) is 20.2. The van der Waals surface area contributed by atoms with E-state index in [1.807, 2.05) is 56.3 Å². The third-order valence-corrected chi connectivity index (χ3v) is 5.19. The fourth-order valence-corrected chi connectivity index (χ4v) is 3.32. The minimum absolute atomic E-state index is 0.0250. The molecule has 1 N–H and O–H groups in total. The van der Waals surface area contributed by atoms with Crippen LogP contribution >= 0.6 is 0 Å². The van der Waals surface area contributed by atoms with Crippen LogP contribution in [0.1, 0.15) is 38.8 Å². The number of carbonyl (C=O) groups excluding carboxylic acids is 1. The second-order valence-corrected chi connectivity index (χ2v) is 9.19. The van der Waals surface area contributed by atoms with E-state index in [2.05, 4.69) is 31.2 Å². The average molecular weight is 452 g/mol. The minimum atomic E-state index is -0.599. The Balaban J connectivity index is 1.80. The van der Waals surface area contributed by atoms with Gasteiger partial charge in [-0.05, 0) is 42.2 Å². The number of hydrogen-bond acceptors (Lipinski definition) is 5. The minimum Gasteiger partial charge on any atom is -0.476 e. The van der Waals surface area contributed by atoms with Crippen molar-refractivity contribution in [1.29, 1.82) is 0 Å². The van der Waals surface area contributed by atoms with E-state index in [-0.39, 0.29) is 11.3 Å². The highest BCUT2D eigenvalue weighted by molar-refractivity contribution is 5.87. The molecular formula is C26H33N3O4. The predicted molar refractivity (Wildman–Crippen MR) is 130 cm³/mol. The van der Waals surface area contributed by atoms with E-state index >= 15 is 0 Å². The number of nitrogens with zero attached hydrogens (tertiary/aromatic N) is 2. The number of benzene rings is 2. The van der Waals surface area contributed by atoms with Crippen LogP contribution in [0.5, 0.6) is 11.6 Å². The Morgan fingerprint density at radius 3 is 2.33 bits per heavy atom. The summed E-state index contributed by atoms with van der Waals surface area (Å²) in [6.07, 6.45) is -0.599. The van der Waals surface area contributed by atoms with Gasteiger partial charge in [0, 0.05) is 13.0 Å². The normalized spacial score (nSPS) is 12.3. The number of hydrogen-bond donors (Lipinski definition) is 1. The molecule has 3 aromatic rings. The van der Waals surface area contributed by atoms with E-state index in [1.54, 1.807) is 23.9 Å². The molecule has 0 bridgehead atoms. The maximum Gasteiger partial charge on any atom is 0.418 e. The fourth-order valence-electron chi connectivity index (χ4n) is 3.32. The molecule has 2 aromatic carbocycles. The van der Waals surface area contributed by atoms with Crippen molar-refractivity contribution >= 4 is 11.9 Å². The second-order valence-electron chi connectivity index (χ2n) is 9.19. The topological polar surface area (TPSA) is 74.6 Å². The van der Waals surface area contributed by atoms with Crippen molar-refractivity contribution in [2.45, 2.75) is 40.0 Å². The van der Waals surface area contributed by atoms with Gasteiger partial charge in [0.15, 0.2) is 0 Å². The van der Waals surface area contributed by atoms with E-state index < -0.39 is 6.09 Å². The Kier molecular flexibility index (Phi) is 7.76. The van der Waals surface area contributed by atoms with Crippen LogP contribution in [0.15, 0.2) is 54.6 Å². The summed E-state index contributed by atoms with van der Waals surface area (Å²) >= 11 is 0. The number of aromatic nitrogens is 2. The first-order valence-electron chi connectivity index (χ1n) is 11.0. The van der Waals surface area contributed by atoms with Crippen LogP contribution < -0.4 is 14.8 Å². The summed E-state index contributed by atoms with van der Waals surface area (Å²) in [4.78, 5) is 12.7. The molecule has 33 heavy (non-hydrogen) atoms. The lowest BCUT2D eigenvalue weighted by Gasteiger charge is -2.19. The number of anilines is 1. The summed E-state index contributed by atoms with van der Waals surface area (Å²) in [5, 5.41) is 7.43. The first-order chi connectivity index (χ1) is 15.7. The van der Waals surface area contributed by atoms with E-state index in [0.717, 1.165) is 11.3 Å². The SMILES string of the molecule is COCC(C)COc1nn(-c2ccccc2)c(NC(=O)Oc2ccc(C(C)(C)C)cc2)c1C. The molecule has 3 rings (SSSR count). The molecule has 0 radical (unpaired) electrons. The zero-order valence-corrected chi connectivity index (χ0v) is 20.2. The van der Waals surface area contributed by atoms with Crippen molar-refractivity contribution in [2.24, 2.45) is 5.92 Å². The van der Waals surface area contributed by atoms with Gasteiger partial charge < -0.3 is 14.2 Å². The molecule has 0 saturated heterocycles. The van der Waals surface area contributed by atoms with Crippen molar-refractivity contribution < 1.29 is 19.0 Å². The fraction of sp³-hybridized carbons (Fsp3) is 0.385. The van der Waals surface area contributed by atoms with Gasteiger partial charge in [0.2, 0.25) is 5.88 Å². The van der Waals surface area contributed by atoms with Gasteiger partial charge in [0.25, 0.3) is 0 Å². The summed E-state index contributed by atoms with van der Waals surface area (Å²) in [6.45, 7) is 11.3. The molecule has 1 amide bonds. The van der Waals surface area contributed by atoms with Gasteiger partial charge in [-0.3, -0.25) is 5.32 Å². The van der Waals surface area contributed by atoms with E-state index in [0.29, 0.717) is 36.2 Å². The third-order valence-electron chi connectivity index (χ3n) is 5.19. The van der Waals surface area contributed by atoms with Crippen molar-refractivity contribution in [1.82, 2.24) is 9.78 Å². The highest BCUT2D eigenvalue weighted by atomic mass is 16.6. The van der Waals surface area contributed by atoms with Gasteiger partial charge in [0.05, 0.1) is 24.5 Å². The average Bonchev–Trinajstić information content (AvgIpc) is 3.08. The summed E-state index contributed by atoms with van der Waals surface area (Å²) in [5.41, 5.74) is 2.70. The Bertz CT molecular complexity index is 1050. The maximum atomic E-state index is 12.7. The number of amides is 1. The van der Waals surface area contributed by atoms with E-state index in [9.17, 15) is 4.79 Å². The van der Waals surface area contributed by atoms with Crippen molar-refractivity contribution in [2.75, 3.05) is 25.6 Å². The van der Waals surface area contributed by atoms with Crippen molar-refractivity contribution in [3.63, 3.8) is 0 Å². The van der Waals surface area contributed by atoms with Crippen LogP contribution in [0.25, 0.3) is 5.69 Å². The molecule has 0 saturated carbocycles. The maximum absolute atomic E-state index is 12.7. The number of rotatable bonds is 8. The highest BCUT2D eigenvalue weighted by Gasteiger charge is 2.21. The lowest BCUT2D eigenvalue weighted by molar-refractivity contribution is 0.125. The lowest BCUT2D eigenvalue weighted by atomic mass is 9.87. The molecule has 0 aliphatic heterocycles. The van der Waals surface area contributed by atoms with Crippen LogP contribution in [0, 0.1) is 12.8 Å². The molecule has 1 aromatic heterocycles. The number of ether oxygens (including phenoxy) is 3. The van der Waals surface area contributed by atoms with Crippen molar-refractivity contribution in [3.05, 3.63) is 65.7 Å². The Hall–Kier alpha value is -3.32. The van der Waals surface area contributed by atoms with E-state index in [4.69, 9.17) is 14.2 Å². The highest BCUT2D eigenvalue weighted by Crippen LogP contribution is 2.29. The predicted octanol–water partition coefficient (Wildman–Crippen LogP) is 5.75. The molecule has 176 valence electrons. The van der Waals surface area contributed by atoms with Crippen LogP contribution in [-0.2, 0) is 10.2 Å². The second kappa shape index (κ2) is 10.5. The smallest absolute Gasteiger partial charge is 0.418 e. The number of carbonyl (C=O) groups is 1. The molecule has 7 nitrogen and oxygen atoms in total. The summed E-state index contributed by atoms with van der Waals surface area (Å²) in [6, 6.07) is 17.1. The van der Waals surface area contributed by atoms with Gasteiger partial charge in [-0.2, -0.15) is 0 Å². The van der Waals surface area contributed by atoms with Crippen LogP contribution in [0.4, 0.5) is 10.6 Å². The quantitative estimate of drug-likeness (QED) is 0.472. The summed E-state index contributed by atoms with van der Waals surface area (Å²) < 4.78 is 18.3. The zero-order chi connectivity index (χ0) is 24.0. The molecule has 0 aliphatic rings. The van der Waals surface area contributed by atoms with Gasteiger partial charge in [-0.25, -0.2) is 9.48 Å². The first-order valence-corrected chi connectivity index (χ1v) is 11.0. The molecule has 0 spiro atoms. The molecule has 0 aliphatic carbocycles. The van der Waals surface area contributed by atoms with Crippen LogP contribution in [0.2, 0.25) is 0 Å². The Morgan fingerprint density at radius 2 is 1.73 bits per heavy atom. The molecule has 1 heterocycles. The number of methoxy groups -OCH3 is 1. The monoisotopic (exact) mass is 451 g/mol. The molecule has 7 heteroatoms. The summed E-state index contributed by atoms with van der Waals surface area (Å²) in [5.74, 6) is 1.61. The van der Waals surface area contributed by atoms with Crippen LogP contribution in [0.3, 0.4) is 0 Å². The largest absolute Gasteiger partial charge is 0.476 e. The van der Waals surface area contributed by atoms with Gasteiger partial charge in [0.1, 0.15) is 11.6 Å². The standard InChI is InChI=1S/C26H33N3O4/c1-18(16-31-6)17-32-24-19(2)23(29(28-24)21-10-8-7-9-11-21)27-25(30)33-22-14-12-20(13-15-22)26(3,4)5/h7-15,18H,16-17H2,1-6H3,(H,27,30). The first kappa shape index (κ1) is 24.3.